The normalized spacial score (nSPS) is 16.0. The summed E-state index contributed by atoms with van der Waals surface area (Å²) in [6.45, 7) is 6.98. The molecule has 2 heteroatoms. The van der Waals surface area contributed by atoms with Crippen molar-refractivity contribution >= 4 is 54.8 Å². The molecule has 0 bridgehead atoms. The van der Waals surface area contributed by atoms with E-state index in [4.69, 9.17) is 0 Å². The van der Waals surface area contributed by atoms with Crippen molar-refractivity contribution < 1.29 is 0 Å². The molecule has 0 N–H and O–H groups in total. The van der Waals surface area contributed by atoms with Crippen LogP contribution in [0.3, 0.4) is 0 Å². The van der Waals surface area contributed by atoms with Gasteiger partial charge in [-0.15, -0.1) is 0 Å². The number of nitrogens with zero attached hydrogens (tertiary/aromatic N) is 2. The molecule has 2 heterocycles. The van der Waals surface area contributed by atoms with Gasteiger partial charge in [-0.25, -0.2) is 0 Å². The highest BCUT2D eigenvalue weighted by molar-refractivity contribution is 6.10. The van der Waals surface area contributed by atoms with Gasteiger partial charge in [-0.2, -0.15) is 0 Å². The first-order valence-corrected chi connectivity index (χ1v) is 23.9. The minimum Gasteiger partial charge on any atom is -0.309 e. The molecule has 318 valence electrons. The van der Waals surface area contributed by atoms with Crippen molar-refractivity contribution in [1.29, 1.82) is 0 Å². The molecule has 0 spiro atoms. The SMILES string of the molecule is C=C/C(=C(/c1ccccc1-c1ccc(-n2c3ccccc3c3ccccc32)cc1)C1CCCC[C@H](CCCC)C1)c1ccccc1-c1ccc(-n2c3ccccc3c3ccccc32)cc1. The maximum atomic E-state index is 4.64. The van der Waals surface area contributed by atoms with Gasteiger partial charge in [0.1, 0.15) is 0 Å². The van der Waals surface area contributed by atoms with E-state index in [2.05, 4.69) is 223 Å². The number of benzene rings is 8. The Labute approximate surface area is 383 Å². The van der Waals surface area contributed by atoms with Crippen LogP contribution < -0.4 is 0 Å². The molecule has 65 heavy (non-hydrogen) atoms. The third-order valence-corrected chi connectivity index (χ3v) is 14.4. The summed E-state index contributed by atoms with van der Waals surface area (Å²) < 4.78 is 4.82. The number of rotatable bonds is 11. The molecule has 0 aliphatic heterocycles. The first kappa shape index (κ1) is 40.6. The van der Waals surface area contributed by atoms with Crippen molar-refractivity contribution in [1.82, 2.24) is 9.13 Å². The number of aromatic nitrogens is 2. The number of fused-ring (bicyclic) bond motifs is 6. The molecule has 2 aromatic heterocycles. The second-order valence-corrected chi connectivity index (χ2v) is 18.2. The van der Waals surface area contributed by atoms with Crippen molar-refractivity contribution in [2.45, 2.75) is 58.3 Å². The van der Waals surface area contributed by atoms with Crippen LogP contribution >= 0.6 is 0 Å². The van der Waals surface area contributed by atoms with Crippen LogP contribution in [-0.2, 0) is 0 Å². The Bertz CT molecular complexity index is 3250. The van der Waals surface area contributed by atoms with E-state index in [-0.39, 0.29) is 0 Å². The fourth-order valence-electron chi connectivity index (χ4n) is 11.3. The lowest BCUT2D eigenvalue weighted by atomic mass is 9.76. The molecule has 1 unspecified atom stereocenters. The van der Waals surface area contributed by atoms with Crippen molar-refractivity contribution in [2.24, 2.45) is 11.8 Å². The van der Waals surface area contributed by atoms with Crippen molar-refractivity contribution in [3.05, 3.63) is 218 Å². The molecule has 0 saturated heterocycles. The zero-order chi connectivity index (χ0) is 43.7. The highest BCUT2D eigenvalue weighted by Gasteiger charge is 2.28. The van der Waals surface area contributed by atoms with Gasteiger partial charge in [0.25, 0.3) is 0 Å². The van der Waals surface area contributed by atoms with Crippen molar-refractivity contribution in [3.8, 4) is 33.6 Å². The first-order chi connectivity index (χ1) is 32.2. The van der Waals surface area contributed by atoms with Gasteiger partial charge < -0.3 is 9.13 Å². The molecular weight excluding hydrogens is 785 g/mol. The zero-order valence-electron chi connectivity index (χ0n) is 37.5. The molecule has 1 fully saturated rings. The van der Waals surface area contributed by atoms with Crippen LogP contribution in [0, 0.1) is 11.8 Å². The minimum absolute atomic E-state index is 0.413. The lowest BCUT2D eigenvalue weighted by Crippen LogP contribution is -2.11. The van der Waals surface area contributed by atoms with E-state index in [1.165, 1.54) is 151 Å². The Morgan fingerprint density at radius 3 is 1.38 bits per heavy atom. The molecule has 1 saturated carbocycles. The molecule has 0 amide bonds. The molecule has 2 nitrogen and oxygen atoms in total. The molecule has 10 aromatic rings. The predicted molar refractivity (Wildman–Crippen MR) is 279 cm³/mol. The zero-order valence-corrected chi connectivity index (χ0v) is 37.5. The van der Waals surface area contributed by atoms with E-state index in [1.807, 2.05) is 0 Å². The van der Waals surface area contributed by atoms with Crippen LogP contribution in [0.15, 0.2) is 207 Å². The molecular formula is C63H56N2. The highest BCUT2D eigenvalue weighted by atomic mass is 15.0. The van der Waals surface area contributed by atoms with E-state index >= 15 is 0 Å². The van der Waals surface area contributed by atoms with E-state index in [1.54, 1.807) is 0 Å². The van der Waals surface area contributed by atoms with E-state index in [9.17, 15) is 0 Å². The third-order valence-electron chi connectivity index (χ3n) is 14.4. The average Bonchev–Trinajstić information content (AvgIpc) is 3.78. The molecule has 1 aliphatic rings. The Morgan fingerprint density at radius 1 is 0.492 bits per heavy atom. The van der Waals surface area contributed by atoms with Crippen LogP contribution in [0.1, 0.15) is 69.4 Å². The Balaban J connectivity index is 1.04. The van der Waals surface area contributed by atoms with Crippen molar-refractivity contribution in [3.63, 3.8) is 0 Å². The summed E-state index contributed by atoms with van der Waals surface area (Å²) in [6.07, 6.45) is 12.3. The summed E-state index contributed by atoms with van der Waals surface area (Å²) in [5.41, 5.74) is 17.5. The maximum Gasteiger partial charge on any atom is 0.0541 e. The second kappa shape index (κ2) is 17.8. The predicted octanol–water partition coefficient (Wildman–Crippen LogP) is 17.7. The standard InChI is InChI=1S/C63H56N2/c1-3-5-20-44-21-6-7-22-47(43-44)63(58-30-11-9-24-52(58)46-37-41-49(42-38-46)65-61-33-18-14-28-56(61)57-29-15-19-34-62(57)65)50(4-2)53-25-10-8-23-51(53)45-35-39-48(40-36-45)64-59-31-16-12-26-54(59)55-27-13-17-32-60(55)64/h4,8-19,23-42,44,47H,2-3,5-7,20-22,43H2,1H3/b63-50-/t44-,47?/m0/s1. The van der Waals surface area contributed by atoms with Crippen LogP contribution in [0.25, 0.3) is 88.4 Å². The minimum atomic E-state index is 0.413. The Kier molecular flexibility index (Phi) is 11.1. The fraction of sp³-hybridized carbons (Fsp3) is 0.175. The number of allylic oxidation sites excluding steroid dienone is 3. The van der Waals surface area contributed by atoms with Crippen LogP contribution in [0.4, 0.5) is 0 Å². The van der Waals surface area contributed by atoms with Gasteiger partial charge in [-0.3, -0.25) is 0 Å². The molecule has 11 rings (SSSR count). The summed E-state index contributed by atoms with van der Waals surface area (Å²) in [5, 5.41) is 5.12. The Hall–Kier alpha value is -7.16. The lowest BCUT2D eigenvalue weighted by Gasteiger charge is -2.28. The van der Waals surface area contributed by atoms with E-state index in [0.717, 1.165) is 5.92 Å². The van der Waals surface area contributed by atoms with Gasteiger partial charge in [0.05, 0.1) is 22.1 Å². The fourth-order valence-corrected chi connectivity index (χ4v) is 11.3. The van der Waals surface area contributed by atoms with Gasteiger partial charge in [0.2, 0.25) is 0 Å². The molecule has 1 aliphatic carbocycles. The van der Waals surface area contributed by atoms with Crippen LogP contribution in [-0.4, -0.2) is 9.13 Å². The van der Waals surface area contributed by atoms with Gasteiger partial charge in [0.15, 0.2) is 0 Å². The Morgan fingerprint density at radius 2 is 0.908 bits per heavy atom. The monoisotopic (exact) mass is 840 g/mol. The van der Waals surface area contributed by atoms with Gasteiger partial charge in [-0.05, 0) is 118 Å². The smallest absolute Gasteiger partial charge is 0.0541 e. The number of hydrogen-bond donors (Lipinski definition) is 0. The number of hydrogen-bond acceptors (Lipinski definition) is 0. The largest absolute Gasteiger partial charge is 0.309 e. The second-order valence-electron chi connectivity index (χ2n) is 18.2. The summed E-state index contributed by atoms with van der Waals surface area (Å²) in [7, 11) is 0. The van der Waals surface area contributed by atoms with Crippen LogP contribution in [0.2, 0.25) is 0 Å². The maximum absolute atomic E-state index is 4.64. The summed E-state index contributed by atoms with van der Waals surface area (Å²) >= 11 is 0. The lowest BCUT2D eigenvalue weighted by molar-refractivity contribution is 0.388. The van der Waals surface area contributed by atoms with Crippen LogP contribution in [0.5, 0.6) is 0 Å². The highest BCUT2D eigenvalue weighted by Crippen LogP contribution is 2.47. The van der Waals surface area contributed by atoms with Gasteiger partial charge in [0, 0.05) is 32.9 Å². The molecule has 8 aromatic carbocycles. The topological polar surface area (TPSA) is 9.86 Å². The van der Waals surface area contributed by atoms with E-state index in [0.29, 0.717) is 5.92 Å². The van der Waals surface area contributed by atoms with Gasteiger partial charge >= 0.3 is 0 Å². The quantitative estimate of drug-likeness (QED) is 0.0698. The first-order valence-electron chi connectivity index (χ1n) is 23.9. The summed E-state index contributed by atoms with van der Waals surface area (Å²) in [4.78, 5) is 0. The molecule has 0 radical (unpaired) electrons. The summed E-state index contributed by atoms with van der Waals surface area (Å²) in [6, 6.07) is 71.8. The molecule has 2 atom stereocenters. The van der Waals surface area contributed by atoms with E-state index < -0.39 is 0 Å². The number of unbranched alkanes of at least 4 members (excludes halogenated alkanes) is 1. The average molecular weight is 841 g/mol. The van der Waals surface area contributed by atoms with Gasteiger partial charge in [-0.1, -0.05) is 204 Å². The number of para-hydroxylation sites is 4. The summed E-state index contributed by atoms with van der Waals surface area (Å²) in [5.74, 6) is 1.14. The third kappa shape index (κ3) is 7.41. The van der Waals surface area contributed by atoms with Crippen molar-refractivity contribution in [2.75, 3.05) is 0 Å².